The first kappa shape index (κ1) is 12.4. The summed E-state index contributed by atoms with van der Waals surface area (Å²) >= 11 is 5.64. The molecule has 0 bridgehead atoms. The van der Waals surface area contributed by atoms with E-state index in [2.05, 4.69) is 5.10 Å². The Morgan fingerprint density at radius 2 is 2.28 bits per heavy atom. The minimum Gasteiger partial charge on any atom is -0.476 e. The summed E-state index contributed by atoms with van der Waals surface area (Å²) in [7, 11) is 0. The third-order valence-electron chi connectivity index (χ3n) is 2.32. The van der Waals surface area contributed by atoms with Crippen LogP contribution in [0.3, 0.4) is 0 Å². The van der Waals surface area contributed by atoms with Crippen molar-refractivity contribution in [1.82, 2.24) is 9.78 Å². The fourth-order valence-corrected chi connectivity index (χ4v) is 1.71. The summed E-state index contributed by atoms with van der Waals surface area (Å²) in [4.78, 5) is 10.8. The molecule has 18 heavy (non-hydrogen) atoms. The maximum absolute atomic E-state index is 13.0. The number of carboxylic acids is 1. The van der Waals surface area contributed by atoms with Gasteiger partial charge in [0.25, 0.3) is 0 Å². The molecule has 0 saturated carbocycles. The fourth-order valence-electron chi connectivity index (χ4n) is 1.51. The van der Waals surface area contributed by atoms with Crippen LogP contribution in [0.15, 0.2) is 24.4 Å². The Morgan fingerprint density at radius 3 is 2.83 bits per heavy atom. The van der Waals surface area contributed by atoms with Crippen molar-refractivity contribution in [2.24, 2.45) is 0 Å². The van der Waals surface area contributed by atoms with Gasteiger partial charge in [-0.25, -0.2) is 9.18 Å². The summed E-state index contributed by atoms with van der Waals surface area (Å²) in [6, 6.07) is 4.23. The first-order chi connectivity index (χ1) is 8.47. The zero-order chi connectivity index (χ0) is 13.3. The molecule has 0 saturated heterocycles. The summed E-state index contributed by atoms with van der Waals surface area (Å²) < 4.78 is 14.3. The Bertz CT molecular complexity index is 612. The fraction of sp³-hybridized carbons (Fsp3) is 0.0909. The van der Waals surface area contributed by atoms with Gasteiger partial charge >= 0.3 is 5.97 Å². The number of nitrogens with zero attached hydrogens (tertiary/aromatic N) is 2. The van der Waals surface area contributed by atoms with Crippen molar-refractivity contribution in [3.8, 4) is 0 Å². The van der Waals surface area contributed by atoms with Crippen LogP contribution in [-0.2, 0) is 6.54 Å². The molecule has 0 aliphatic rings. The van der Waals surface area contributed by atoms with Gasteiger partial charge in [0, 0.05) is 6.20 Å². The second-order valence-electron chi connectivity index (χ2n) is 3.68. The van der Waals surface area contributed by atoms with E-state index in [-0.39, 0.29) is 22.9 Å². The standard InChI is InChI=1S/C11H9ClFN3O2/c12-7-3-6(1-2-8(7)13)4-16-5-9(14)10(15-16)11(17)18/h1-3,5H,4,14H2,(H,17,18). The summed E-state index contributed by atoms with van der Waals surface area (Å²) in [6.45, 7) is 0.261. The van der Waals surface area contributed by atoms with E-state index in [4.69, 9.17) is 22.4 Å². The van der Waals surface area contributed by atoms with Crippen molar-refractivity contribution >= 4 is 23.3 Å². The normalized spacial score (nSPS) is 10.6. The van der Waals surface area contributed by atoms with Crippen LogP contribution in [-0.4, -0.2) is 20.9 Å². The third-order valence-corrected chi connectivity index (χ3v) is 2.61. The quantitative estimate of drug-likeness (QED) is 0.893. The van der Waals surface area contributed by atoms with Gasteiger partial charge in [0.15, 0.2) is 5.69 Å². The van der Waals surface area contributed by atoms with Gasteiger partial charge in [-0.05, 0) is 17.7 Å². The highest BCUT2D eigenvalue weighted by Gasteiger charge is 2.13. The predicted molar refractivity (Wildman–Crippen MR) is 64.1 cm³/mol. The van der Waals surface area contributed by atoms with E-state index in [9.17, 15) is 9.18 Å². The zero-order valence-electron chi connectivity index (χ0n) is 9.10. The summed E-state index contributed by atoms with van der Waals surface area (Å²) in [5.74, 6) is -1.70. The Hall–Kier alpha value is -2.08. The Morgan fingerprint density at radius 1 is 1.56 bits per heavy atom. The van der Waals surface area contributed by atoms with Crippen LogP contribution in [0.4, 0.5) is 10.1 Å². The van der Waals surface area contributed by atoms with E-state index in [1.807, 2.05) is 0 Å². The number of nitrogen functional groups attached to an aromatic ring is 1. The number of anilines is 1. The van der Waals surface area contributed by atoms with Crippen LogP contribution >= 0.6 is 11.6 Å². The minimum atomic E-state index is -1.19. The van der Waals surface area contributed by atoms with Crippen LogP contribution < -0.4 is 5.73 Å². The summed E-state index contributed by atoms with van der Waals surface area (Å²) in [6.07, 6.45) is 1.40. The smallest absolute Gasteiger partial charge is 0.358 e. The minimum absolute atomic E-state index is 0.00564. The van der Waals surface area contributed by atoms with Crippen LogP contribution in [0.1, 0.15) is 16.1 Å². The van der Waals surface area contributed by atoms with Crippen LogP contribution in [0.5, 0.6) is 0 Å². The highest BCUT2D eigenvalue weighted by molar-refractivity contribution is 6.30. The second kappa shape index (κ2) is 4.66. The lowest BCUT2D eigenvalue weighted by atomic mass is 10.2. The summed E-state index contributed by atoms with van der Waals surface area (Å²) in [5, 5.41) is 12.6. The van der Waals surface area contributed by atoms with Crippen molar-refractivity contribution < 1.29 is 14.3 Å². The van der Waals surface area contributed by atoms with Gasteiger partial charge in [0.1, 0.15) is 5.82 Å². The molecule has 0 aliphatic heterocycles. The number of aromatic carboxylic acids is 1. The lowest BCUT2D eigenvalue weighted by Gasteiger charge is -2.02. The molecule has 7 heteroatoms. The largest absolute Gasteiger partial charge is 0.476 e. The molecule has 0 radical (unpaired) electrons. The molecular weight excluding hydrogens is 261 g/mol. The number of hydrogen-bond donors (Lipinski definition) is 2. The van der Waals surface area contributed by atoms with Gasteiger partial charge in [-0.1, -0.05) is 17.7 Å². The maximum Gasteiger partial charge on any atom is 0.358 e. The van der Waals surface area contributed by atoms with Crippen molar-refractivity contribution in [3.05, 3.63) is 46.5 Å². The lowest BCUT2D eigenvalue weighted by molar-refractivity contribution is 0.0690. The average molecular weight is 270 g/mol. The Balaban J connectivity index is 2.26. The highest BCUT2D eigenvalue weighted by atomic mass is 35.5. The summed E-state index contributed by atoms with van der Waals surface area (Å²) in [5.41, 5.74) is 6.07. The monoisotopic (exact) mass is 269 g/mol. The molecule has 0 unspecified atom stereocenters. The van der Waals surface area contributed by atoms with Gasteiger partial charge in [0.05, 0.1) is 17.3 Å². The maximum atomic E-state index is 13.0. The first-order valence-corrected chi connectivity index (χ1v) is 5.35. The van der Waals surface area contributed by atoms with E-state index >= 15 is 0 Å². The molecule has 0 amide bonds. The molecular formula is C11H9ClFN3O2. The molecule has 2 rings (SSSR count). The number of halogens is 2. The van der Waals surface area contributed by atoms with E-state index in [0.717, 1.165) is 0 Å². The molecule has 1 aromatic heterocycles. The van der Waals surface area contributed by atoms with Crippen molar-refractivity contribution in [2.75, 3.05) is 5.73 Å². The van der Waals surface area contributed by atoms with Gasteiger partial charge < -0.3 is 10.8 Å². The van der Waals surface area contributed by atoms with E-state index in [1.165, 1.54) is 23.0 Å². The van der Waals surface area contributed by atoms with Crippen LogP contribution in [0, 0.1) is 5.82 Å². The van der Waals surface area contributed by atoms with Crippen molar-refractivity contribution in [2.45, 2.75) is 6.54 Å². The number of carbonyl (C=O) groups is 1. The number of benzene rings is 1. The van der Waals surface area contributed by atoms with Gasteiger partial charge in [-0.3, -0.25) is 4.68 Å². The molecule has 0 spiro atoms. The van der Waals surface area contributed by atoms with Crippen LogP contribution in [0.2, 0.25) is 5.02 Å². The van der Waals surface area contributed by atoms with E-state index in [1.54, 1.807) is 6.07 Å². The number of hydrogen-bond acceptors (Lipinski definition) is 3. The molecule has 1 heterocycles. The molecule has 1 aromatic carbocycles. The number of aromatic nitrogens is 2. The number of rotatable bonds is 3. The van der Waals surface area contributed by atoms with E-state index in [0.29, 0.717) is 5.56 Å². The van der Waals surface area contributed by atoms with Gasteiger partial charge in [0.2, 0.25) is 0 Å². The van der Waals surface area contributed by atoms with E-state index < -0.39 is 11.8 Å². The second-order valence-corrected chi connectivity index (χ2v) is 4.09. The predicted octanol–water partition coefficient (Wildman–Crippen LogP) is 2.00. The molecule has 94 valence electrons. The van der Waals surface area contributed by atoms with Crippen molar-refractivity contribution in [3.63, 3.8) is 0 Å². The molecule has 5 nitrogen and oxygen atoms in total. The molecule has 2 aromatic rings. The molecule has 0 aliphatic carbocycles. The Labute approximate surface area is 107 Å². The SMILES string of the molecule is Nc1cn(Cc2ccc(F)c(Cl)c2)nc1C(=O)O. The average Bonchev–Trinajstić information content (AvgIpc) is 2.65. The van der Waals surface area contributed by atoms with Gasteiger partial charge in [-0.2, -0.15) is 5.10 Å². The molecule has 0 fully saturated rings. The molecule has 0 atom stereocenters. The van der Waals surface area contributed by atoms with Gasteiger partial charge in [-0.15, -0.1) is 0 Å². The number of nitrogens with two attached hydrogens (primary N) is 1. The Kier molecular flexibility index (Phi) is 3.20. The third kappa shape index (κ3) is 2.43. The zero-order valence-corrected chi connectivity index (χ0v) is 9.86. The van der Waals surface area contributed by atoms with Crippen LogP contribution in [0.25, 0.3) is 0 Å². The lowest BCUT2D eigenvalue weighted by Crippen LogP contribution is -2.04. The van der Waals surface area contributed by atoms with Crippen molar-refractivity contribution in [1.29, 1.82) is 0 Å². The highest BCUT2D eigenvalue weighted by Crippen LogP contribution is 2.17. The number of carboxylic acid groups (broad SMARTS) is 1. The molecule has 3 N–H and O–H groups in total. The topological polar surface area (TPSA) is 81.1 Å². The first-order valence-electron chi connectivity index (χ1n) is 4.97.